The first-order chi connectivity index (χ1) is 11.5. The van der Waals surface area contributed by atoms with E-state index in [0.29, 0.717) is 10.6 Å². The van der Waals surface area contributed by atoms with Crippen molar-refractivity contribution in [2.24, 2.45) is 0 Å². The van der Waals surface area contributed by atoms with Crippen LogP contribution >= 0.6 is 11.3 Å². The molecule has 1 rings (SSSR count). The third-order valence-corrected chi connectivity index (χ3v) is 4.45. The molecule has 142 valence electrons. The van der Waals surface area contributed by atoms with Crippen molar-refractivity contribution in [3.8, 4) is 0 Å². The Morgan fingerprint density at radius 2 is 1.84 bits per heavy atom. The Morgan fingerprint density at radius 3 is 2.40 bits per heavy atom. The van der Waals surface area contributed by atoms with Crippen LogP contribution in [0, 0.1) is 13.8 Å². The highest BCUT2D eigenvalue weighted by atomic mass is 32.1. The van der Waals surface area contributed by atoms with Gasteiger partial charge in [-0.05, 0) is 46.1 Å². The molecule has 0 aliphatic rings. The number of ether oxygens (including phenoxy) is 1. The number of carbonyl (C=O) groups excluding carboxylic acids is 2. The van der Waals surface area contributed by atoms with Crippen molar-refractivity contribution in [3.63, 3.8) is 0 Å². The minimum Gasteiger partial charge on any atom is -0.459 e. The summed E-state index contributed by atoms with van der Waals surface area (Å²) >= 11 is 1.25. The van der Waals surface area contributed by atoms with E-state index in [1.54, 1.807) is 20.8 Å². The van der Waals surface area contributed by atoms with Gasteiger partial charge in [0.15, 0.2) is 0 Å². The van der Waals surface area contributed by atoms with Crippen LogP contribution in [0.25, 0.3) is 0 Å². The fourth-order valence-corrected chi connectivity index (χ4v) is 3.08. The lowest BCUT2D eigenvalue weighted by atomic mass is 10.1. The van der Waals surface area contributed by atoms with E-state index in [2.05, 4.69) is 10.6 Å². The largest absolute Gasteiger partial charge is 0.459 e. The second-order valence-corrected chi connectivity index (χ2v) is 7.12. The second kappa shape index (κ2) is 9.07. The fraction of sp³-hybridized carbons (Fsp3) is 0.625. The Hall–Kier alpha value is -1.77. The molecule has 0 atom stereocenters. The maximum atomic E-state index is 12.2. The molecule has 0 saturated carbocycles. The number of unbranched alkanes of at least 4 members (excludes halogenated alkanes) is 1. The zero-order chi connectivity index (χ0) is 19.2. The van der Waals surface area contributed by atoms with Gasteiger partial charge < -0.3 is 10.1 Å². The van der Waals surface area contributed by atoms with Crippen LogP contribution in [-0.4, -0.2) is 30.8 Å². The van der Waals surface area contributed by atoms with Gasteiger partial charge in [0.25, 0.3) is 0 Å². The number of hydrogen-bond acceptors (Lipinski definition) is 4. The summed E-state index contributed by atoms with van der Waals surface area (Å²) in [6, 6.07) is -0.563. The Morgan fingerprint density at radius 1 is 1.20 bits per heavy atom. The molecule has 2 amide bonds. The number of alkyl halides is 3. The molecule has 0 fully saturated rings. The number of rotatable bonds is 7. The van der Waals surface area contributed by atoms with E-state index in [9.17, 15) is 22.8 Å². The van der Waals surface area contributed by atoms with Crippen LogP contribution in [0.5, 0.6) is 0 Å². The van der Waals surface area contributed by atoms with Gasteiger partial charge >= 0.3 is 18.2 Å². The fourth-order valence-electron chi connectivity index (χ4n) is 2.03. The molecule has 1 aromatic heterocycles. The van der Waals surface area contributed by atoms with Gasteiger partial charge in [0.2, 0.25) is 0 Å². The second-order valence-electron chi connectivity index (χ2n) is 5.89. The number of hydrogen-bond donors (Lipinski definition) is 2. The zero-order valence-corrected chi connectivity index (χ0v) is 15.5. The van der Waals surface area contributed by atoms with Crippen molar-refractivity contribution in [2.75, 3.05) is 11.9 Å². The Bertz CT molecular complexity index is 613. The first-order valence-corrected chi connectivity index (χ1v) is 8.75. The Labute approximate surface area is 148 Å². The van der Waals surface area contributed by atoms with Crippen LogP contribution in [0.4, 0.5) is 23.0 Å². The number of halogens is 3. The van der Waals surface area contributed by atoms with E-state index in [1.807, 2.05) is 6.92 Å². The van der Waals surface area contributed by atoms with E-state index in [4.69, 9.17) is 4.74 Å². The summed E-state index contributed by atoms with van der Waals surface area (Å²) in [6.07, 6.45) is -5.17. The molecule has 25 heavy (non-hydrogen) atoms. The van der Waals surface area contributed by atoms with E-state index in [-0.39, 0.29) is 25.5 Å². The smallest absolute Gasteiger partial charge is 0.389 e. The average molecular weight is 380 g/mol. The molecule has 0 aromatic carbocycles. The molecule has 0 aliphatic carbocycles. The number of amides is 2. The minimum atomic E-state index is -4.18. The lowest BCUT2D eigenvalue weighted by molar-refractivity contribution is -0.135. The lowest BCUT2D eigenvalue weighted by Crippen LogP contribution is -2.30. The molecule has 1 heterocycles. The number of nitrogens with one attached hydrogen (secondary N) is 2. The van der Waals surface area contributed by atoms with Crippen molar-refractivity contribution >= 4 is 28.3 Å². The normalized spacial score (nSPS) is 11.5. The third kappa shape index (κ3) is 7.33. The van der Waals surface area contributed by atoms with Gasteiger partial charge in [0.05, 0.1) is 11.7 Å². The molecule has 0 bridgehead atoms. The van der Waals surface area contributed by atoms with Gasteiger partial charge in [-0.15, -0.1) is 11.3 Å². The summed E-state index contributed by atoms with van der Waals surface area (Å²) in [5.41, 5.74) is 1.04. The Balaban J connectivity index is 2.60. The van der Waals surface area contributed by atoms with Gasteiger partial charge in [-0.1, -0.05) is 0 Å². The summed E-state index contributed by atoms with van der Waals surface area (Å²) in [5.74, 6) is -0.516. The van der Waals surface area contributed by atoms with Gasteiger partial charge in [-0.3, -0.25) is 5.32 Å². The van der Waals surface area contributed by atoms with Crippen molar-refractivity contribution in [2.45, 2.75) is 59.2 Å². The van der Waals surface area contributed by atoms with Crippen LogP contribution in [0.15, 0.2) is 0 Å². The van der Waals surface area contributed by atoms with E-state index >= 15 is 0 Å². The van der Waals surface area contributed by atoms with Crippen LogP contribution < -0.4 is 10.6 Å². The first kappa shape index (κ1) is 21.3. The molecule has 0 unspecified atom stereocenters. The quantitative estimate of drug-likeness (QED) is 0.528. The van der Waals surface area contributed by atoms with Crippen molar-refractivity contribution < 1.29 is 27.5 Å². The molecule has 9 heteroatoms. The van der Waals surface area contributed by atoms with E-state index < -0.39 is 24.6 Å². The predicted molar refractivity (Wildman–Crippen MR) is 91.3 cm³/mol. The van der Waals surface area contributed by atoms with Crippen molar-refractivity contribution in [1.82, 2.24) is 5.32 Å². The molecule has 5 nitrogen and oxygen atoms in total. The highest BCUT2D eigenvalue weighted by Gasteiger charge is 2.26. The molecule has 1 aromatic rings. The van der Waals surface area contributed by atoms with Crippen molar-refractivity contribution in [3.05, 3.63) is 16.0 Å². The summed E-state index contributed by atoms with van der Waals surface area (Å²) in [5, 5.41) is 5.44. The van der Waals surface area contributed by atoms with Crippen molar-refractivity contribution in [1.29, 1.82) is 0 Å². The summed E-state index contributed by atoms with van der Waals surface area (Å²) < 4.78 is 41.3. The molecule has 0 radical (unpaired) electrons. The number of aryl methyl sites for hydroxylation is 1. The summed E-state index contributed by atoms with van der Waals surface area (Å²) in [4.78, 5) is 25.0. The van der Waals surface area contributed by atoms with E-state index in [0.717, 1.165) is 10.4 Å². The Kier molecular flexibility index (Phi) is 7.72. The molecular weight excluding hydrogens is 357 g/mol. The van der Waals surface area contributed by atoms with Gasteiger partial charge in [0, 0.05) is 17.8 Å². The monoisotopic (exact) mass is 380 g/mol. The highest BCUT2D eigenvalue weighted by Crippen LogP contribution is 2.33. The van der Waals surface area contributed by atoms with Gasteiger partial charge in [-0.2, -0.15) is 13.2 Å². The molecule has 0 saturated heterocycles. The van der Waals surface area contributed by atoms with Crippen LogP contribution in [-0.2, 0) is 4.74 Å². The maximum Gasteiger partial charge on any atom is 0.389 e. The van der Waals surface area contributed by atoms with Crippen LogP contribution in [0.2, 0.25) is 0 Å². The summed E-state index contributed by atoms with van der Waals surface area (Å²) in [7, 11) is 0. The maximum absolute atomic E-state index is 12.2. The summed E-state index contributed by atoms with van der Waals surface area (Å²) in [6.45, 7) is 7.17. The van der Waals surface area contributed by atoms with E-state index in [1.165, 1.54) is 11.3 Å². The van der Waals surface area contributed by atoms with Crippen LogP contribution in [0.3, 0.4) is 0 Å². The number of carbonyl (C=O) groups is 2. The highest BCUT2D eigenvalue weighted by molar-refractivity contribution is 7.16. The number of thiophene rings is 1. The lowest BCUT2D eigenvalue weighted by Gasteiger charge is -2.11. The first-order valence-electron chi connectivity index (χ1n) is 7.94. The number of anilines is 1. The number of urea groups is 1. The minimum absolute atomic E-state index is 0.0486. The standard InChI is InChI=1S/C16H23F3N2O3S/c1-9(2)24-14(22)12-10(3)11(4)25-13(12)21-15(23)20-8-6-5-7-16(17,18)19/h9H,5-8H2,1-4H3,(H2,20,21,23). The van der Waals surface area contributed by atoms with Crippen LogP contribution in [0.1, 0.15) is 53.9 Å². The number of esters is 1. The average Bonchev–Trinajstić information content (AvgIpc) is 2.71. The zero-order valence-electron chi connectivity index (χ0n) is 14.7. The predicted octanol–water partition coefficient (Wildman–Crippen LogP) is 4.78. The SMILES string of the molecule is Cc1sc(NC(=O)NCCCCC(F)(F)F)c(C(=O)OC(C)C)c1C. The van der Waals surface area contributed by atoms with Gasteiger partial charge in [-0.25, -0.2) is 9.59 Å². The molecule has 2 N–H and O–H groups in total. The molecule has 0 spiro atoms. The molecular formula is C16H23F3N2O3S. The van der Waals surface area contributed by atoms with Gasteiger partial charge in [0.1, 0.15) is 5.00 Å². The third-order valence-electron chi connectivity index (χ3n) is 3.33. The topological polar surface area (TPSA) is 67.4 Å². The molecule has 0 aliphatic heterocycles.